The first kappa shape index (κ1) is 13.5. The molecule has 102 valence electrons. The smallest absolute Gasteiger partial charge is 0.246 e. The topological polar surface area (TPSA) is 73.7 Å². The summed E-state index contributed by atoms with van der Waals surface area (Å²) >= 11 is 0. The number of likely N-dealkylation sites (N-methyl/N-ethyl adjacent to an activating group) is 1. The Bertz CT molecular complexity index is 483. The number of aliphatic hydroxyl groups excluding tert-OH is 1. The first-order valence-electron chi connectivity index (χ1n) is 6.31. The summed E-state index contributed by atoms with van der Waals surface area (Å²) in [6.07, 6.45) is 7.57. The maximum absolute atomic E-state index is 11.8. The third-order valence-electron chi connectivity index (χ3n) is 3.17. The molecule has 2 N–H and O–H groups in total. The van der Waals surface area contributed by atoms with Gasteiger partial charge in [0.25, 0.3) is 0 Å². The van der Waals surface area contributed by atoms with Gasteiger partial charge in [0.05, 0.1) is 12.3 Å². The monoisotopic (exact) mass is 262 g/mol. The van der Waals surface area contributed by atoms with Crippen molar-refractivity contribution in [1.29, 1.82) is 0 Å². The van der Waals surface area contributed by atoms with E-state index in [9.17, 15) is 15.0 Å². The van der Waals surface area contributed by atoms with E-state index in [1.807, 2.05) is 0 Å². The van der Waals surface area contributed by atoms with Crippen molar-refractivity contribution in [3.8, 4) is 5.75 Å². The molecule has 1 amide bonds. The lowest BCUT2D eigenvalue weighted by atomic mass is 10.2. The number of aromatic nitrogens is 1. The zero-order valence-corrected chi connectivity index (χ0v) is 10.9. The van der Waals surface area contributed by atoms with Crippen LogP contribution in [-0.4, -0.2) is 45.7 Å². The second kappa shape index (κ2) is 5.84. The molecule has 0 radical (unpaired) electrons. The van der Waals surface area contributed by atoms with E-state index < -0.39 is 6.10 Å². The second-order valence-corrected chi connectivity index (χ2v) is 4.93. The van der Waals surface area contributed by atoms with Gasteiger partial charge in [0.1, 0.15) is 5.75 Å². The van der Waals surface area contributed by atoms with Gasteiger partial charge in [-0.15, -0.1) is 0 Å². The number of rotatable bonds is 5. The van der Waals surface area contributed by atoms with E-state index in [-0.39, 0.29) is 11.7 Å². The number of carbonyl (C=O) groups excluding carboxylic acids is 1. The van der Waals surface area contributed by atoms with Gasteiger partial charge < -0.3 is 15.1 Å². The van der Waals surface area contributed by atoms with Crippen LogP contribution < -0.4 is 0 Å². The van der Waals surface area contributed by atoms with Crippen molar-refractivity contribution in [3.63, 3.8) is 0 Å². The first-order valence-corrected chi connectivity index (χ1v) is 6.31. The molecule has 0 saturated heterocycles. The van der Waals surface area contributed by atoms with Crippen molar-refractivity contribution in [2.75, 3.05) is 13.6 Å². The Hall–Kier alpha value is -1.88. The van der Waals surface area contributed by atoms with Gasteiger partial charge in [-0.3, -0.25) is 9.78 Å². The molecule has 0 bridgehead atoms. The molecule has 1 heterocycles. The van der Waals surface area contributed by atoms with E-state index in [1.54, 1.807) is 19.3 Å². The quantitative estimate of drug-likeness (QED) is 0.777. The Kier molecular flexibility index (Phi) is 4.16. The van der Waals surface area contributed by atoms with Crippen LogP contribution in [0.5, 0.6) is 5.75 Å². The summed E-state index contributed by atoms with van der Waals surface area (Å²) in [4.78, 5) is 17.1. The fraction of sp³-hybridized carbons (Fsp3) is 0.429. The van der Waals surface area contributed by atoms with E-state index in [0.717, 1.165) is 12.8 Å². The van der Waals surface area contributed by atoms with Gasteiger partial charge in [-0.2, -0.15) is 0 Å². The molecule has 5 nitrogen and oxygen atoms in total. The Morgan fingerprint density at radius 1 is 1.58 bits per heavy atom. The minimum absolute atomic E-state index is 0.0621. The fourth-order valence-corrected chi connectivity index (χ4v) is 1.83. The normalized spacial score (nSPS) is 16.5. The Morgan fingerprint density at radius 3 is 2.95 bits per heavy atom. The van der Waals surface area contributed by atoms with Gasteiger partial charge in [-0.1, -0.05) is 0 Å². The average molecular weight is 262 g/mol. The van der Waals surface area contributed by atoms with Gasteiger partial charge in [0.2, 0.25) is 5.91 Å². The maximum atomic E-state index is 11.8. The molecule has 0 aliphatic heterocycles. The first-order chi connectivity index (χ1) is 9.06. The van der Waals surface area contributed by atoms with Crippen LogP contribution in [0.2, 0.25) is 0 Å². The molecule has 1 aromatic heterocycles. The Morgan fingerprint density at radius 2 is 2.32 bits per heavy atom. The number of carbonyl (C=O) groups is 1. The minimum atomic E-state index is -0.426. The number of nitrogens with zero attached hydrogens (tertiary/aromatic N) is 2. The summed E-state index contributed by atoms with van der Waals surface area (Å²) < 4.78 is 0. The van der Waals surface area contributed by atoms with Gasteiger partial charge in [-0.05, 0) is 36.5 Å². The second-order valence-electron chi connectivity index (χ2n) is 4.93. The molecule has 19 heavy (non-hydrogen) atoms. The van der Waals surface area contributed by atoms with Crippen LogP contribution in [0.1, 0.15) is 18.4 Å². The average Bonchev–Trinajstić information content (AvgIpc) is 3.20. The molecule has 1 atom stereocenters. The Balaban J connectivity index is 1.88. The molecule has 0 spiro atoms. The van der Waals surface area contributed by atoms with Crippen LogP contribution in [0.3, 0.4) is 0 Å². The maximum Gasteiger partial charge on any atom is 0.246 e. The predicted molar refractivity (Wildman–Crippen MR) is 71.3 cm³/mol. The summed E-state index contributed by atoms with van der Waals surface area (Å²) in [5.41, 5.74) is 0.657. The van der Waals surface area contributed by atoms with Crippen molar-refractivity contribution in [3.05, 3.63) is 30.1 Å². The summed E-state index contributed by atoms with van der Waals surface area (Å²) in [6.45, 7) is 0.353. The van der Waals surface area contributed by atoms with E-state index in [2.05, 4.69) is 4.98 Å². The lowest BCUT2D eigenvalue weighted by Gasteiger charge is -2.19. The van der Waals surface area contributed by atoms with E-state index in [1.165, 1.54) is 23.2 Å². The summed E-state index contributed by atoms with van der Waals surface area (Å²) in [5, 5.41) is 19.0. The number of aromatic hydroxyl groups is 1. The molecule has 1 aliphatic rings. The van der Waals surface area contributed by atoms with E-state index in [4.69, 9.17) is 0 Å². The molecular formula is C14H18N2O3. The molecule has 1 aromatic rings. The van der Waals surface area contributed by atoms with Crippen LogP contribution in [0.25, 0.3) is 6.08 Å². The minimum Gasteiger partial charge on any atom is -0.506 e. The van der Waals surface area contributed by atoms with Crippen molar-refractivity contribution >= 4 is 12.0 Å². The van der Waals surface area contributed by atoms with E-state index >= 15 is 0 Å². The molecule has 0 aromatic carbocycles. The lowest BCUT2D eigenvalue weighted by Crippen LogP contribution is -2.34. The highest BCUT2D eigenvalue weighted by Gasteiger charge is 2.30. The van der Waals surface area contributed by atoms with Gasteiger partial charge >= 0.3 is 0 Å². The van der Waals surface area contributed by atoms with Crippen LogP contribution in [0, 0.1) is 5.92 Å². The fourth-order valence-electron chi connectivity index (χ4n) is 1.83. The highest BCUT2D eigenvalue weighted by Crippen LogP contribution is 2.32. The van der Waals surface area contributed by atoms with Crippen LogP contribution in [0.15, 0.2) is 24.5 Å². The van der Waals surface area contributed by atoms with Gasteiger partial charge in [0.15, 0.2) is 0 Å². The summed E-state index contributed by atoms with van der Waals surface area (Å²) in [6, 6.07) is 1.52. The van der Waals surface area contributed by atoms with Crippen molar-refractivity contribution in [2.24, 2.45) is 5.92 Å². The lowest BCUT2D eigenvalue weighted by molar-refractivity contribution is -0.126. The largest absolute Gasteiger partial charge is 0.506 e. The number of pyridine rings is 1. The summed E-state index contributed by atoms with van der Waals surface area (Å²) in [5.74, 6) is 0.240. The highest BCUT2D eigenvalue weighted by atomic mass is 16.3. The highest BCUT2D eigenvalue weighted by molar-refractivity contribution is 5.91. The number of hydrogen-bond acceptors (Lipinski definition) is 4. The molecule has 1 saturated carbocycles. The standard InChI is InChI=1S/C14H18N2O3/c1-16(9-13(18)11-3-4-11)14(19)5-2-10-6-12(17)8-15-7-10/h2,5-8,11,13,17-18H,3-4,9H2,1H3/b5-2+. The van der Waals surface area contributed by atoms with E-state index in [0.29, 0.717) is 18.0 Å². The molecule has 2 rings (SSSR count). The van der Waals surface area contributed by atoms with Crippen molar-refractivity contribution in [1.82, 2.24) is 9.88 Å². The SMILES string of the molecule is CN(CC(O)C1CC1)C(=O)/C=C/c1cncc(O)c1. The molecular weight excluding hydrogens is 244 g/mol. The van der Waals surface area contributed by atoms with Crippen LogP contribution in [-0.2, 0) is 4.79 Å². The third-order valence-corrected chi connectivity index (χ3v) is 3.17. The van der Waals surface area contributed by atoms with Crippen LogP contribution >= 0.6 is 0 Å². The van der Waals surface area contributed by atoms with Crippen molar-refractivity contribution in [2.45, 2.75) is 18.9 Å². The van der Waals surface area contributed by atoms with Gasteiger partial charge in [-0.25, -0.2) is 0 Å². The molecule has 1 fully saturated rings. The van der Waals surface area contributed by atoms with Gasteiger partial charge in [0, 0.05) is 25.9 Å². The van der Waals surface area contributed by atoms with Crippen LogP contribution in [0.4, 0.5) is 0 Å². The van der Waals surface area contributed by atoms with Crippen molar-refractivity contribution < 1.29 is 15.0 Å². The summed E-state index contributed by atoms with van der Waals surface area (Å²) in [7, 11) is 1.67. The number of amides is 1. The molecule has 5 heteroatoms. The predicted octanol–water partition coefficient (Wildman–Crippen LogP) is 1.03. The molecule has 1 unspecified atom stereocenters. The number of hydrogen-bond donors (Lipinski definition) is 2. The zero-order valence-electron chi connectivity index (χ0n) is 10.9. The zero-order chi connectivity index (χ0) is 13.8. The Labute approximate surface area is 112 Å². The third kappa shape index (κ3) is 4.06. The number of aliphatic hydroxyl groups is 1. The molecule has 1 aliphatic carbocycles.